The van der Waals surface area contributed by atoms with Crippen molar-refractivity contribution in [3.05, 3.63) is 47.9 Å². The molecule has 0 saturated carbocycles. The van der Waals surface area contributed by atoms with Gasteiger partial charge in [-0.3, -0.25) is 4.79 Å². The highest BCUT2D eigenvalue weighted by atomic mass is 16.5. The smallest absolute Gasteiger partial charge is 0.256 e. The summed E-state index contributed by atoms with van der Waals surface area (Å²) in [5.74, 6) is 0.565. The van der Waals surface area contributed by atoms with Crippen molar-refractivity contribution in [2.75, 3.05) is 6.54 Å². The van der Waals surface area contributed by atoms with Gasteiger partial charge in [0.15, 0.2) is 0 Å². The zero-order valence-corrected chi connectivity index (χ0v) is 13.2. The van der Waals surface area contributed by atoms with Gasteiger partial charge in [-0.15, -0.1) is 0 Å². The monoisotopic (exact) mass is 299 g/mol. The van der Waals surface area contributed by atoms with Gasteiger partial charge < -0.3 is 14.2 Å². The van der Waals surface area contributed by atoms with Crippen molar-refractivity contribution in [3.63, 3.8) is 0 Å². The molecular formula is C17H21N3O2. The quantitative estimate of drug-likeness (QED) is 0.875. The van der Waals surface area contributed by atoms with E-state index in [1.165, 1.54) is 5.69 Å². The molecule has 0 unspecified atom stereocenters. The molecule has 5 heteroatoms. The molecule has 0 aromatic carbocycles. The van der Waals surface area contributed by atoms with Crippen LogP contribution in [-0.2, 0) is 6.54 Å². The average Bonchev–Trinajstić information content (AvgIpc) is 2.96. The van der Waals surface area contributed by atoms with Crippen LogP contribution in [0.15, 0.2) is 36.7 Å². The first kappa shape index (κ1) is 14.6. The first-order chi connectivity index (χ1) is 10.6. The van der Waals surface area contributed by atoms with Gasteiger partial charge in [0.25, 0.3) is 5.91 Å². The maximum Gasteiger partial charge on any atom is 0.256 e. The van der Waals surface area contributed by atoms with E-state index in [0.29, 0.717) is 18.0 Å². The Kier molecular flexibility index (Phi) is 3.88. The van der Waals surface area contributed by atoms with Crippen LogP contribution in [0.25, 0.3) is 0 Å². The molecular weight excluding hydrogens is 278 g/mol. The largest absolute Gasteiger partial charge is 0.475 e. The van der Waals surface area contributed by atoms with Crippen LogP contribution < -0.4 is 4.74 Å². The fraction of sp³-hybridized carbons (Fsp3) is 0.412. The van der Waals surface area contributed by atoms with E-state index in [9.17, 15) is 4.79 Å². The van der Waals surface area contributed by atoms with Gasteiger partial charge in [0, 0.05) is 37.2 Å². The number of amides is 1. The van der Waals surface area contributed by atoms with E-state index in [0.717, 1.165) is 6.54 Å². The van der Waals surface area contributed by atoms with Gasteiger partial charge in [0.2, 0.25) is 5.88 Å². The van der Waals surface area contributed by atoms with Crippen molar-refractivity contribution in [3.8, 4) is 5.88 Å². The van der Waals surface area contributed by atoms with Gasteiger partial charge >= 0.3 is 0 Å². The summed E-state index contributed by atoms with van der Waals surface area (Å²) in [7, 11) is 0. The van der Waals surface area contributed by atoms with E-state index < -0.39 is 0 Å². The van der Waals surface area contributed by atoms with Crippen LogP contribution in [0.2, 0.25) is 0 Å². The van der Waals surface area contributed by atoms with Crippen molar-refractivity contribution >= 4 is 5.91 Å². The molecule has 22 heavy (non-hydrogen) atoms. The molecule has 0 N–H and O–H groups in total. The van der Waals surface area contributed by atoms with Gasteiger partial charge in [-0.2, -0.15) is 0 Å². The van der Waals surface area contributed by atoms with Gasteiger partial charge in [-0.1, -0.05) is 0 Å². The van der Waals surface area contributed by atoms with Crippen LogP contribution in [0.4, 0.5) is 0 Å². The van der Waals surface area contributed by atoms with Crippen LogP contribution >= 0.6 is 0 Å². The summed E-state index contributed by atoms with van der Waals surface area (Å²) in [5, 5.41) is 0. The summed E-state index contributed by atoms with van der Waals surface area (Å²) in [6.45, 7) is 7.51. The molecule has 3 rings (SSSR count). The van der Waals surface area contributed by atoms with E-state index in [2.05, 4.69) is 28.7 Å². The Morgan fingerprint density at radius 1 is 1.32 bits per heavy atom. The summed E-state index contributed by atoms with van der Waals surface area (Å²) in [6, 6.07) is 7.71. The number of hydrogen-bond acceptors (Lipinski definition) is 3. The van der Waals surface area contributed by atoms with Crippen LogP contribution in [0.3, 0.4) is 0 Å². The first-order valence-corrected chi connectivity index (χ1v) is 7.65. The molecule has 0 fully saturated rings. The third-order valence-corrected chi connectivity index (χ3v) is 3.94. The summed E-state index contributed by atoms with van der Waals surface area (Å²) in [5.41, 5.74) is 1.77. The van der Waals surface area contributed by atoms with Crippen LogP contribution in [0, 0.1) is 0 Å². The fourth-order valence-corrected chi connectivity index (χ4v) is 2.84. The fourth-order valence-electron chi connectivity index (χ4n) is 2.84. The lowest BCUT2D eigenvalue weighted by Crippen LogP contribution is -2.40. The topological polar surface area (TPSA) is 47.4 Å². The van der Waals surface area contributed by atoms with Gasteiger partial charge in [0.05, 0.1) is 17.7 Å². The number of ether oxygens (including phenoxy) is 1. The number of fused-ring (bicyclic) bond motifs is 1. The van der Waals surface area contributed by atoms with Crippen molar-refractivity contribution in [1.82, 2.24) is 14.5 Å². The van der Waals surface area contributed by atoms with E-state index in [4.69, 9.17) is 4.74 Å². The summed E-state index contributed by atoms with van der Waals surface area (Å²) in [6.07, 6.45) is 3.73. The second-order valence-electron chi connectivity index (χ2n) is 5.85. The number of carbonyl (C=O) groups is 1. The van der Waals surface area contributed by atoms with Crippen LogP contribution in [-0.4, -0.2) is 33.0 Å². The number of carbonyl (C=O) groups excluding carboxylic acids is 1. The minimum absolute atomic E-state index is 0.0172. The molecule has 0 bridgehead atoms. The summed E-state index contributed by atoms with van der Waals surface area (Å²) < 4.78 is 7.71. The molecule has 0 radical (unpaired) electrons. The molecule has 0 spiro atoms. The van der Waals surface area contributed by atoms with Crippen molar-refractivity contribution in [1.29, 1.82) is 0 Å². The number of hydrogen-bond donors (Lipinski definition) is 0. The zero-order chi connectivity index (χ0) is 15.7. The predicted molar refractivity (Wildman–Crippen MR) is 83.9 cm³/mol. The highest BCUT2D eigenvalue weighted by Gasteiger charge is 2.28. The van der Waals surface area contributed by atoms with Crippen molar-refractivity contribution in [2.24, 2.45) is 0 Å². The number of nitrogens with zero attached hydrogens (tertiary/aromatic N) is 3. The Balaban J connectivity index is 1.77. The highest BCUT2D eigenvalue weighted by Crippen LogP contribution is 2.27. The molecule has 1 amide bonds. The molecule has 0 saturated heterocycles. The zero-order valence-electron chi connectivity index (χ0n) is 13.2. The maximum absolute atomic E-state index is 12.7. The van der Waals surface area contributed by atoms with Crippen molar-refractivity contribution < 1.29 is 9.53 Å². The van der Waals surface area contributed by atoms with Gasteiger partial charge in [0.1, 0.15) is 0 Å². The summed E-state index contributed by atoms with van der Waals surface area (Å²) in [4.78, 5) is 18.8. The predicted octanol–water partition coefficient (Wildman–Crippen LogP) is 2.89. The second-order valence-corrected chi connectivity index (χ2v) is 5.85. The minimum Gasteiger partial charge on any atom is -0.475 e. The Bertz CT molecular complexity index is 661. The molecule has 0 aliphatic carbocycles. The van der Waals surface area contributed by atoms with Crippen LogP contribution in [0.1, 0.15) is 42.9 Å². The average molecular weight is 299 g/mol. The number of rotatable bonds is 3. The highest BCUT2D eigenvalue weighted by molar-refractivity contribution is 5.94. The van der Waals surface area contributed by atoms with Gasteiger partial charge in [-0.05, 0) is 39.0 Å². The maximum atomic E-state index is 12.7. The van der Waals surface area contributed by atoms with Crippen LogP contribution in [0.5, 0.6) is 5.88 Å². The number of pyridine rings is 1. The Labute approximate surface area is 130 Å². The lowest BCUT2D eigenvalue weighted by atomic mass is 10.1. The molecule has 2 aromatic rings. The minimum atomic E-state index is 0.0172. The van der Waals surface area contributed by atoms with E-state index in [-0.39, 0.29) is 18.1 Å². The van der Waals surface area contributed by atoms with Gasteiger partial charge in [-0.25, -0.2) is 4.98 Å². The Morgan fingerprint density at radius 3 is 2.82 bits per heavy atom. The lowest BCUT2D eigenvalue weighted by Gasteiger charge is -2.35. The first-order valence-electron chi connectivity index (χ1n) is 7.65. The standard InChI is InChI=1S/C17H21N3O2/c1-12(2)22-16-7-6-14(11-18-16)17(21)20-10-9-19-8-4-5-15(19)13(20)3/h4-8,11-13H,9-10H2,1-3H3/t13-/m0/s1. The SMILES string of the molecule is CC(C)Oc1ccc(C(=O)N2CCn3cccc3[C@@H]2C)cn1. The molecule has 1 atom stereocenters. The van der Waals surface area contributed by atoms with E-state index in [1.54, 1.807) is 18.3 Å². The Hall–Kier alpha value is -2.30. The van der Waals surface area contributed by atoms with E-state index in [1.807, 2.05) is 24.8 Å². The lowest BCUT2D eigenvalue weighted by molar-refractivity contribution is 0.0643. The second kappa shape index (κ2) is 5.83. The molecule has 1 aliphatic rings. The normalized spacial score (nSPS) is 17.5. The third-order valence-electron chi connectivity index (χ3n) is 3.94. The molecule has 3 heterocycles. The molecule has 1 aliphatic heterocycles. The van der Waals surface area contributed by atoms with Crippen molar-refractivity contribution in [2.45, 2.75) is 39.5 Å². The molecule has 2 aromatic heterocycles. The number of aromatic nitrogens is 2. The molecule has 116 valence electrons. The Morgan fingerprint density at radius 2 is 2.14 bits per heavy atom. The third kappa shape index (κ3) is 2.71. The van der Waals surface area contributed by atoms with E-state index >= 15 is 0 Å². The molecule has 5 nitrogen and oxygen atoms in total. The summed E-state index contributed by atoms with van der Waals surface area (Å²) >= 11 is 0.